The van der Waals surface area contributed by atoms with E-state index in [2.05, 4.69) is 10.2 Å². The van der Waals surface area contributed by atoms with Crippen LogP contribution in [0.1, 0.15) is 39.1 Å². The second-order valence-corrected chi connectivity index (χ2v) is 9.09. The molecule has 178 valence electrons. The van der Waals surface area contributed by atoms with Crippen molar-refractivity contribution >= 4 is 34.7 Å². The highest BCUT2D eigenvalue weighted by Gasteiger charge is 2.34. The Hall–Kier alpha value is -4.13. The number of nitrogens with one attached hydrogen (secondary N) is 1. The van der Waals surface area contributed by atoms with E-state index in [0.29, 0.717) is 54.2 Å². The van der Waals surface area contributed by atoms with Crippen molar-refractivity contribution in [3.05, 3.63) is 89.5 Å². The van der Waals surface area contributed by atoms with Crippen molar-refractivity contribution in [2.45, 2.75) is 12.8 Å². The molecule has 1 aliphatic heterocycles. The third kappa shape index (κ3) is 5.04. The summed E-state index contributed by atoms with van der Waals surface area (Å²) in [5.74, 6) is 0.184. The van der Waals surface area contributed by atoms with Crippen LogP contribution in [0.4, 0.5) is 17.1 Å². The fraction of sp³-hybridized carbons (Fsp3) is 0.250. The van der Waals surface area contributed by atoms with Crippen LogP contribution in [0.25, 0.3) is 0 Å². The molecule has 2 amide bonds. The highest BCUT2D eigenvalue weighted by atomic mass is 16.2. The van der Waals surface area contributed by atoms with Crippen molar-refractivity contribution in [2.75, 3.05) is 42.1 Å². The van der Waals surface area contributed by atoms with Crippen molar-refractivity contribution in [3.8, 4) is 0 Å². The second kappa shape index (κ2) is 9.62. The van der Waals surface area contributed by atoms with Gasteiger partial charge in [-0.15, -0.1) is 0 Å². The molecular formula is C28H28N4O3. The van der Waals surface area contributed by atoms with Crippen LogP contribution in [0.2, 0.25) is 0 Å². The van der Waals surface area contributed by atoms with Gasteiger partial charge in [0.1, 0.15) is 0 Å². The van der Waals surface area contributed by atoms with Crippen molar-refractivity contribution in [1.29, 1.82) is 0 Å². The molecule has 35 heavy (non-hydrogen) atoms. The molecule has 0 spiro atoms. The number of carbonyl (C=O) groups is 3. The summed E-state index contributed by atoms with van der Waals surface area (Å²) in [5.41, 5.74) is 9.45. The highest BCUT2D eigenvalue weighted by Crippen LogP contribution is 2.32. The number of rotatable bonds is 6. The standard InChI is InChI=1S/C28H28N4O3/c29-22-11-7-19(8-12-22)26(33)20-9-13-23(14-10-20)30-27(34)24-3-1-2-4-25(24)31-15-17-32(18-16-31)28(35)21-5-6-21/h1-4,7-14,21H,5-6,15-18,29H2,(H,30,34). The summed E-state index contributed by atoms with van der Waals surface area (Å²) in [6, 6.07) is 21.2. The van der Waals surface area contributed by atoms with E-state index in [-0.39, 0.29) is 23.5 Å². The summed E-state index contributed by atoms with van der Waals surface area (Å²) in [6.45, 7) is 2.75. The lowest BCUT2D eigenvalue weighted by Gasteiger charge is -2.37. The number of amides is 2. The van der Waals surface area contributed by atoms with Gasteiger partial charge in [0.2, 0.25) is 5.91 Å². The lowest BCUT2D eigenvalue weighted by Crippen LogP contribution is -2.49. The minimum atomic E-state index is -0.213. The summed E-state index contributed by atoms with van der Waals surface area (Å²) in [6.07, 6.45) is 2.02. The lowest BCUT2D eigenvalue weighted by molar-refractivity contribution is -0.132. The first-order valence-corrected chi connectivity index (χ1v) is 11.9. The number of piperazine rings is 1. The predicted octanol–water partition coefficient (Wildman–Crippen LogP) is 3.81. The molecule has 0 bridgehead atoms. The molecule has 0 unspecified atom stereocenters. The topological polar surface area (TPSA) is 95.7 Å². The Labute approximate surface area is 204 Å². The molecule has 3 aromatic rings. The maximum absolute atomic E-state index is 13.1. The van der Waals surface area contributed by atoms with Crippen LogP contribution in [0, 0.1) is 5.92 Å². The van der Waals surface area contributed by atoms with Crippen LogP contribution in [0.15, 0.2) is 72.8 Å². The zero-order valence-corrected chi connectivity index (χ0v) is 19.4. The smallest absolute Gasteiger partial charge is 0.257 e. The van der Waals surface area contributed by atoms with Crippen LogP contribution >= 0.6 is 0 Å². The molecular weight excluding hydrogens is 440 g/mol. The predicted molar refractivity (Wildman–Crippen MR) is 137 cm³/mol. The molecule has 2 fully saturated rings. The van der Waals surface area contributed by atoms with E-state index in [1.165, 1.54) is 0 Å². The summed E-state index contributed by atoms with van der Waals surface area (Å²) in [7, 11) is 0. The Morgan fingerprint density at radius 3 is 2.00 bits per heavy atom. The van der Waals surface area contributed by atoms with Crippen LogP contribution in [-0.2, 0) is 4.79 Å². The molecule has 1 aliphatic carbocycles. The summed E-state index contributed by atoms with van der Waals surface area (Å²) in [4.78, 5) is 42.3. The number of anilines is 3. The third-order valence-electron chi connectivity index (χ3n) is 6.59. The molecule has 7 nitrogen and oxygen atoms in total. The summed E-state index contributed by atoms with van der Waals surface area (Å²) < 4.78 is 0. The first kappa shape index (κ1) is 22.7. The SMILES string of the molecule is Nc1ccc(C(=O)c2ccc(NC(=O)c3ccccc3N3CCN(C(=O)C4CC4)CC3)cc2)cc1. The van der Waals surface area contributed by atoms with Crippen LogP contribution in [0.3, 0.4) is 0 Å². The van der Waals surface area contributed by atoms with Gasteiger partial charge in [0.25, 0.3) is 5.91 Å². The normalized spacial score (nSPS) is 15.5. The molecule has 3 N–H and O–H groups in total. The van der Waals surface area contributed by atoms with Gasteiger partial charge < -0.3 is 20.9 Å². The van der Waals surface area contributed by atoms with Gasteiger partial charge in [0.15, 0.2) is 5.78 Å². The number of benzene rings is 3. The van der Waals surface area contributed by atoms with Crippen molar-refractivity contribution in [1.82, 2.24) is 4.90 Å². The third-order valence-corrected chi connectivity index (χ3v) is 6.59. The fourth-order valence-electron chi connectivity index (χ4n) is 4.40. The average molecular weight is 469 g/mol. The van der Waals surface area contributed by atoms with Crippen molar-refractivity contribution in [2.24, 2.45) is 5.92 Å². The van der Waals surface area contributed by atoms with E-state index in [9.17, 15) is 14.4 Å². The van der Waals surface area contributed by atoms with Gasteiger partial charge in [-0.05, 0) is 73.5 Å². The molecule has 0 radical (unpaired) electrons. The number of hydrogen-bond acceptors (Lipinski definition) is 5. The Morgan fingerprint density at radius 1 is 0.771 bits per heavy atom. The minimum Gasteiger partial charge on any atom is -0.399 e. The summed E-state index contributed by atoms with van der Waals surface area (Å²) in [5, 5.41) is 2.94. The number of hydrogen-bond donors (Lipinski definition) is 2. The largest absolute Gasteiger partial charge is 0.399 e. The van der Waals surface area contributed by atoms with E-state index in [0.717, 1.165) is 18.5 Å². The molecule has 7 heteroatoms. The Kier molecular flexibility index (Phi) is 6.23. The number of nitrogens with zero attached hydrogens (tertiary/aromatic N) is 2. The number of carbonyl (C=O) groups excluding carboxylic acids is 3. The van der Waals surface area contributed by atoms with E-state index in [1.54, 1.807) is 48.5 Å². The van der Waals surface area contributed by atoms with Gasteiger partial charge in [-0.3, -0.25) is 14.4 Å². The van der Waals surface area contributed by atoms with Crippen LogP contribution in [-0.4, -0.2) is 48.7 Å². The maximum atomic E-state index is 13.1. The zero-order valence-electron chi connectivity index (χ0n) is 19.4. The molecule has 1 saturated carbocycles. The van der Waals surface area contributed by atoms with Gasteiger partial charge in [-0.1, -0.05) is 12.1 Å². The molecule has 1 heterocycles. The van der Waals surface area contributed by atoms with E-state index in [4.69, 9.17) is 5.73 Å². The maximum Gasteiger partial charge on any atom is 0.257 e. The lowest BCUT2D eigenvalue weighted by atomic mass is 10.0. The Bertz CT molecular complexity index is 1240. The monoisotopic (exact) mass is 468 g/mol. The second-order valence-electron chi connectivity index (χ2n) is 9.09. The summed E-state index contributed by atoms with van der Waals surface area (Å²) >= 11 is 0. The molecule has 1 saturated heterocycles. The van der Waals surface area contributed by atoms with Gasteiger partial charge in [0, 0.05) is 60.3 Å². The zero-order chi connectivity index (χ0) is 24.4. The first-order valence-electron chi connectivity index (χ1n) is 11.9. The molecule has 5 rings (SSSR count). The quantitative estimate of drug-likeness (QED) is 0.424. The average Bonchev–Trinajstić information content (AvgIpc) is 3.75. The van der Waals surface area contributed by atoms with Gasteiger partial charge in [0.05, 0.1) is 5.56 Å². The number of para-hydroxylation sites is 1. The number of nitrogen functional groups attached to an aromatic ring is 1. The molecule has 2 aliphatic rings. The van der Waals surface area contributed by atoms with E-state index < -0.39 is 0 Å². The van der Waals surface area contributed by atoms with Crippen LogP contribution in [0.5, 0.6) is 0 Å². The van der Waals surface area contributed by atoms with E-state index in [1.807, 2.05) is 29.2 Å². The highest BCUT2D eigenvalue weighted by molar-refractivity contribution is 6.10. The molecule has 0 aromatic heterocycles. The minimum absolute atomic E-state index is 0.104. The Morgan fingerprint density at radius 2 is 1.37 bits per heavy atom. The van der Waals surface area contributed by atoms with Gasteiger partial charge >= 0.3 is 0 Å². The van der Waals surface area contributed by atoms with Crippen molar-refractivity contribution < 1.29 is 14.4 Å². The van der Waals surface area contributed by atoms with Crippen molar-refractivity contribution in [3.63, 3.8) is 0 Å². The van der Waals surface area contributed by atoms with Gasteiger partial charge in [-0.2, -0.15) is 0 Å². The molecule has 3 aromatic carbocycles. The van der Waals surface area contributed by atoms with E-state index >= 15 is 0 Å². The Balaban J connectivity index is 1.24. The van der Waals surface area contributed by atoms with Crippen LogP contribution < -0.4 is 16.0 Å². The molecule has 0 atom stereocenters. The first-order chi connectivity index (χ1) is 17.0. The fourth-order valence-corrected chi connectivity index (χ4v) is 4.40. The number of nitrogens with two attached hydrogens (primary N) is 1. The van der Waals surface area contributed by atoms with Gasteiger partial charge in [-0.25, -0.2) is 0 Å². The number of ketones is 1.